The van der Waals surface area contributed by atoms with Crippen LogP contribution < -0.4 is 11.1 Å². The minimum Gasteiger partial charge on any atom is -0.351 e. The molecule has 7 heteroatoms. The lowest BCUT2D eigenvalue weighted by Gasteiger charge is -2.34. The summed E-state index contributed by atoms with van der Waals surface area (Å²) >= 11 is 3.40. The maximum absolute atomic E-state index is 12.6. The number of nitrogens with zero attached hydrogens (tertiary/aromatic N) is 1. The molecule has 0 aliphatic carbocycles. The molecular weight excluding hydrogens is 413 g/mol. The highest BCUT2D eigenvalue weighted by molar-refractivity contribution is 9.10. The molecule has 1 heterocycles. The van der Waals surface area contributed by atoms with Gasteiger partial charge in [-0.05, 0) is 50.4 Å². The molecule has 138 valence electrons. The molecule has 1 amide bonds. The van der Waals surface area contributed by atoms with Gasteiger partial charge in [0, 0.05) is 23.6 Å². The van der Waals surface area contributed by atoms with Gasteiger partial charge in [0.2, 0.25) is 5.91 Å². The van der Waals surface area contributed by atoms with Crippen LogP contribution in [0.4, 0.5) is 0 Å². The summed E-state index contributed by atoms with van der Waals surface area (Å²) in [7, 11) is 0. The number of nitrogens with one attached hydrogen (secondary N) is 1. The molecule has 0 spiro atoms. The predicted molar refractivity (Wildman–Crippen MR) is 108 cm³/mol. The first-order chi connectivity index (χ1) is 10.4. The van der Waals surface area contributed by atoms with E-state index in [1.54, 1.807) is 6.92 Å². The highest BCUT2D eigenvalue weighted by Gasteiger charge is 2.32. The summed E-state index contributed by atoms with van der Waals surface area (Å²) in [5.74, 6) is -0.0937. The molecular formula is C17H28BrCl2N3O. The van der Waals surface area contributed by atoms with Crippen LogP contribution in [-0.2, 0) is 10.3 Å². The molecule has 1 aliphatic rings. The Kier molecular flexibility index (Phi) is 10.5. The topological polar surface area (TPSA) is 58.4 Å². The highest BCUT2D eigenvalue weighted by atomic mass is 79.9. The van der Waals surface area contributed by atoms with Gasteiger partial charge < -0.3 is 16.0 Å². The third-order valence-corrected chi connectivity index (χ3v) is 4.91. The van der Waals surface area contributed by atoms with Gasteiger partial charge >= 0.3 is 0 Å². The Morgan fingerprint density at radius 1 is 1.29 bits per heavy atom. The molecule has 1 atom stereocenters. The first-order valence-corrected chi connectivity index (χ1v) is 8.81. The number of carbonyl (C=O) groups excluding carboxylic acids is 1. The second-order valence-corrected chi connectivity index (χ2v) is 7.21. The van der Waals surface area contributed by atoms with Crippen LogP contribution >= 0.6 is 40.7 Å². The summed E-state index contributed by atoms with van der Waals surface area (Å²) in [6, 6.07) is 7.86. The van der Waals surface area contributed by atoms with E-state index in [0.717, 1.165) is 42.5 Å². The lowest BCUT2D eigenvalue weighted by molar-refractivity contribution is -0.127. The predicted octanol–water partition coefficient (Wildman–Crippen LogP) is 3.46. The van der Waals surface area contributed by atoms with Crippen LogP contribution in [0.2, 0.25) is 0 Å². The smallest absolute Gasteiger partial charge is 0.244 e. The number of rotatable bonds is 5. The van der Waals surface area contributed by atoms with Crippen molar-refractivity contribution < 1.29 is 4.79 Å². The molecule has 1 fully saturated rings. The Labute approximate surface area is 165 Å². The third-order valence-electron chi connectivity index (χ3n) is 4.38. The molecule has 1 aromatic rings. The molecule has 0 aromatic heterocycles. The van der Waals surface area contributed by atoms with Crippen molar-refractivity contribution in [2.24, 2.45) is 5.73 Å². The number of nitrogens with two attached hydrogens (primary N) is 1. The average molecular weight is 441 g/mol. The van der Waals surface area contributed by atoms with Crippen molar-refractivity contribution in [1.29, 1.82) is 0 Å². The summed E-state index contributed by atoms with van der Waals surface area (Å²) in [4.78, 5) is 15.0. The van der Waals surface area contributed by atoms with Crippen LogP contribution in [0.1, 0.15) is 38.7 Å². The molecule has 1 saturated heterocycles. The molecule has 1 aromatic carbocycles. The van der Waals surface area contributed by atoms with E-state index >= 15 is 0 Å². The summed E-state index contributed by atoms with van der Waals surface area (Å²) < 4.78 is 0.982. The maximum Gasteiger partial charge on any atom is 0.244 e. The van der Waals surface area contributed by atoms with Crippen molar-refractivity contribution >= 4 is 46.7 Å². The van der Waals surface area contributed by atoms with Crippen molar-refractivity contribution in [3.8, 4) is 0 Å². The summed E-state index contributed by atoms with van der Waals surface area (Å²) in [6.07, 6.45) is 3.19. The first-order valence-electron chi connectivity index (χ1n) is 8.01. The van der Waals surface area contributed by atoms with Crippen molar-refractivity contribution in [1.82, 2.24) is 10.2 Å². The van der Waals surface area contributed by atoms with E-state index in [4.69, 9.17) is 5.73 Å². The van der Waals surface area contributed by atoms with E-state index in [9.17, 15) is 4.79 Å². The Morgan fingerprint density at radius 3 is 2.33 bits per heavy atom. The van der Waals surface area contributed by atoms with E-state index in [2.05, 4.69) is 33.1 Å². The zero-order valence-electron chi connectivity index (χ0n) is 14.3. The molecule has 0 saturated carbocycles. The van der Waals surface area contributed by atoms with Crippen LogP contribution in [0.5, 0.6) is 0 Å². The van der Waals surface area contributed by atoms with E-state index in [0.29, 0.717) is 0 Å². The summed E-state index contributed by atoms with van der Waals surface area (Å²) in [6.45, 7) is 7.23. The lowest BCUT2D eigenvalue weighted by Crippen LogP contribution is -2.54. The van der Waals surface area contributed by atoms with Gasteiger partial charge in [-0.15, -0.1) is 24.8 Å². The van der Waals surface area contributed by atoms with Crippen LogP contribution in [0.3, 0.4) is 0 Å². The molecule has 24 heavy (non-hydrogen) atoms. The maximum atomic E-state index is 12.6. The minimum atomic E-state index is -0.999. The van der Waals surface area contributed by atoms with Gasteiger partial charge in [0.1, 0.15) is 5.54 Å². The fourth-order valence-electron chi connectivity index (χ4n) is 2.88. The van der Waals surface area contributed by atoms with Gasteiger partial charge in [-0.2, -0.15) is 0 Å². The fourth-order valence-corrected chi connectivity index (χ4v) is 3.14. The SMILES string of the molecule is CCCN1CCC(NC(=O)C(C)(N)c2ccc(Br)cc2)CC1.Cl.Cl. The summed E-state index contributed by atoms with van der Waals surface area (Å²) in [5.41, 5.74) is 6.12. The average Bonchev–Trinajstić information content (AvgIpc) is 2.50. The zero-order valence-corrected chi connectivity index (χ0v) is 17.5. The number of carbonyl (C=O) groups is 1. The molecule has 0 bridgehead atoms. The van der Waals surface area contributed by atoms with Crippen LogP contribution in [0.25, 0.3) is 0 Å². The molecule has 1 unspecified atom stereocenters. The van der Waals surface area contributed by atoms with Gasteiger partial charge in [-0.1, -0.05) is 35.0 Å². The number of hydrogen-bond donors (Lipinski definition) is 2. The number of amides is 1. The number of likely N-dealkylation sites (tertiary alicyclic amines) is 1. The number of halogens is 3. The third kappa shape index (κ3) is 6.19. The number of hydrogen-bond acceptors (Lipinski definition) is 3. The van der Waals surface area contributed by atoms with Gasteiger partial charge in [0.15, 0.2) is 0 Å². The Balaban J connectivity index is 0.00000264. The standard InChI is InChI=1S/C17H26BrN3O.2ClH/c1-3-10-21-11-8-15(9-12-21)20-16(22)17(2,19)13-4-6-14(18)7-5-13;;/h4-7,15H,3,8-12,19H2,1-2H3,(H,20,22);2*1H. The molecule has 4 nitrogen and oxygen atoms in total. The van der Waals surface area contributed by atoms with Crippen LogP contribution in [0, 0.1) is 0 Å². The van der Waals surface area contributed by atoms with Crippen LogP contribution in [-0.4, -0.2) is 36.5 Å². The van der Waals surface area contributed by atoms with E-state index < -0.39 is 5.54 Å². The fraction of sp³-hybridized carbons (Fsp3) is 0.588. The quantitative estimate of drug-likeness (QED) is 0.736. The molecule has 1 aliphatic heterocycles. The molecule has 2 rings (SSSR count). The summed E-state index contributed by atoms with van der Waals surface area (Å²) in [5, 5.41) is 3.13. The van der Waals surface area contributed by atoms with Crippen molar-refractivity contribution in [2.75, 3.05) is 19.6 Å². The van der Waals surface area contributed by atoms with Crippen molar-refractivity contribution in [2.45, 2.75) is 44.7 Å². The van der Waals surface area contributed by atoms with Gasteiger partial charge in [-0.25, -0.2) is 0 Å². The van der Waals surface area contributed by atoms with Crippen LogP contribution in [0.15, 0.2) is 28.7 Å². The van der Waals surface area contributed by atoms with Gasteiger partial charge in [0.05, 0.1) is 0 Å². The largest absolute Gasteiger partial charge is 0.351 e. The second kappa shape index (κ2) is 10.6. The number of benzene rings is 1. The van der Waals surface area contributed by atoms with Crippen molar-refractivity contribution in [3.63, 3.8) is 0 Å². The lowest BCUT2D eigenvalue weighted by atomic mass is 9.91. The van der Waals surface area contributed by atoms with E-state index in [-0.39, 0.29) is 36.8 Å². The second-order valence-electron chi connectivity index (χ2n) is 6.30. The van der Waals surface area contributed by atoms with Gasteiger partial charge in [-0.3, -0.25) is 4.79 Å². The Hall–Kier alpha value is -0.330. The molecule has 0 radical (unpaired) electrons. The first kappa shape index (κ1) is 23.7. The van der Waals surface area contributed by atoms with Gasteiger partial charge in [0.25, 0.3) is 0 Å². The minimum absolute atomic E-state index is 0. The monoisotopic (exact) mass is 439 g/mol. The normalized spacial score (nSPS) is 18.0. The van der Waals surface area contributed by atoms with E-state index in [1.165, 1.54) is 6.42 Å². The van der Waals surface area contributed by atoms with Crippen molar-refractivity contribution in [3.05, 3.63) is 34.3 Å². The Bertz CT molecular complexity index is 503. The number of piperidine rings is 1. The van der Waals surface area contributed by atoms with E-state index in [1.807, 2.05) is 24.3 Å². The Morgan fingerprint density at radius 2 is 1.83 bits per heavy atom. The zero-order chi connectivity index (χ0) is 16.2. The molecule has 3 N–H and O–H groups in total. The highest BCUT2D eigenvalue weighted by Crippen LogP contribution is 2.21.